The zero-order valence-electron chi connectivity index (χ0n) is 14.6. The molecule has 0 aliphatic heterocycles. The standard InChI is InChI=1S/C17H13F3N4O4/c1-23-13-11(15(26)24(2)16(23)27)6-7-12(22-13)14(25)21-9-4-3-5-10(8-9)28-17(18,19)20/h3-8H,1-2H3,(H,21,25). The Morgan fingerprint density at radius 2 is 1.82 bits per heavy atom. The van der Waals surface area contributed by atoms with Gasteiger partial charge < -0.3 is 10.1 Å². The van der Waals surface area contributed by atoms with Crippen molar-refractivity contribution in [3.05, 3.63) is 62.9 Å². The number of ether oxygens (including phenoxy) is 1. The van der Waals surface area contributed by atoms with E-state index in [2.05, 4.69) is 15.0 Å². The van der Waals surface area contributed by atoms with Crippen LogP contribution >= 0.6 is 0 Å². The van der Waals surface area contributed by atoms with Crippen molar-refractivity contribution >= 4 is 22.6 Å². The molecule has 0 aliphatic carbocycles. The third-order valence-corrected chi connectivity index (χ3v) is 3.86. The van der Waals surface area contributed by atoms with E-state index >= 15 is 0 Å². The quantitative estimate of drug-likeness (QED) is 0.731. The number of aryl methyl sites for hydroxylation is 1. The molecule has 3 aromatic rings. The molecule has 28 heavy (non-hydrogen) atoms. The number of aromatic nitrogens is 3. The third kappa shape index (κ3) is 3.72. The summed E-state index contributed by atoms with van der Waals surface area (Å²) >= 11 is 0. The van der Waals surface area contributed by atoms with Gasteiger partial charge in [0.25, 0.3) is 11.5 Å². The number of anilines is 1. The Kier molecular flexibility index (Phi) is 4.67. The SMILES string of the molecule is Cn1c(=O)c2ccc(C(=O)Nc3cccc(OC(F)(F)F)c3)nc2n(C)c1=O. The van der Waals surface area contributed by atoms with E-state index in [9.17, 15) is 27.6 Å². The van der Waals surface area contributed by atoms with E-state index in [4.69, 9.17) is 0 Å². The summed E-state index contributed by atoms with van der Waals surface area (Å²) in [4.78, 5) is 40.6. The molecule has 0 aliphatic rings. The van der Waals surface area contributed by atoms with E-state index in [0.29, 0.717) is 0 Å². The van der Waals surface area contributed by atoms with E-state index in [1.165, 1.54) is 38.4 Å². The maximum atomic E-state index is 12.4. The fraction of sp³-hybridized carbons (Fsp3) is 0.176. The van der Waals surface area contributed by atoms with Gasteiger partial charge in [0.2, 0.25) is 0 Å². The number of hydrogen-bond donors (Lipinski definition) is 1. The highest BCUT2D eigenvalue weighted by molar-refractivity contribution is 6.03. The van der Waals surface area contributed by atoms with Crippen molar-refractivity contribution in [3.8, 4) is 5.75 Å². The maximum Gasteiger partial charge on any atom is 0.573 e. The summed E-state index contributed by atoms with van der Waals surface area (Å²) in [5.74, 6) is -1.23. The molecule has 1 amide bonds. The highest BCUT2D eigenvalue weighted by Gasteiger charge is 2.31. The Morgan fingerprint density at radius 1 is 1.11 bits per heavy atom. The van der Waals surface area contributed by atoms with Crippen LogP contribution in [0, 0.1) is 0 Å². The Bertz CT molecular complexity index is 1200. The molecule has 0 saturated heterocycles. The summed E-state index contributed by atoms with van der Waals surface area (Å²) in [6.45, 7) is 0. The Balaban J connectivity index is 1.94. The van der Waals surface area contributed by atoms with Gasteiger partial charge >= 0.3 is 12.1 Å². The van der Waals surface area contributed by atoms with E-state index in [1.807, 2.05) is 0 Å². The predicted octanol–water partition coefficient (Wildman–Crippen LogP) is 1.78. The van der Waals surface area contributed by atoms with E-state index < -0.39 is 29.3 Å². The number of alkyl halides is 3. The number of carbonyl (C=O) groups excluding carboxylic acids is 1. The molecule has 11 heteroatoms. The third-order valence-electron chi connectivity index (χ3n) is 3.86. The normalized spacial score (nSPS) is 11.5. The van der Waals surface area contributed by atoms with Crippen LogP contribution < -0.4 is 21.3 Å². The number of nitrogens with one attached hydrogen (secondary N) is 1. The molecule has 0 unspecified atom stereocenters. The van der Waals surface area contributed by atoms with Crippen molar-refractivity contribution in [1.29, 1.82) is 0 Å². The van der Waals surface area contributed by atoms with E-state index in [0.717, 1.165) is 21.3 Å². The molecule has 0 bridgehead atoms. The molecule has 0 fully saturated rings. The monoisotopic (exact) mass is 394 g/mol. The molecular weight excluding hydrogens is 381 g/mol. The minimum absolute atomic E-state index is 0.00917. The predicted molar refractivity (Wildman–Crippen MR) is 93.3 cm³/mol. The van der Waals surface area contributed by atoms with E-state index in [1.54, 1.807) is 0 Å². The number of halogens is 3. The number of benzene rings is 1. The van der Waals surface area contributed by atoms with Gasteiger partial charge in [0.15, 0.2) is 0 Å². The molecule has 2 aromatic heterocycles. The van der Waals surface area contributed by atoms with Gasteiger partial charge in [-0.15, -0.1) is 13.2 Å². The molecule has 2 heterocycles. The number of amides is 1. The van der Waals surface area contributed by atoms with Gasteiger partial charge in [0.05, 0.1) is 5.39 Å². The van der Waals surface area contributed by atoms with Gasteiger partial charge in [-0.25, -0.2) is 9.78 Å². The van der Waals surface area contributed by atoms with Crippen LogP contribution in [-0.2, 0) is 14.1 Å². The average Bonchev–Trinajstić information content (AvgIpc) is 2.63. The first-order valence-electron chi connectivity index (χ1n) is 7.81. The lowest BCUT2D eigenvalue weighted by Crippen LogP contribution is -2.37. The van der Waals surface area contributed by atoms with Crippen LogP contribution in [0.5, 0.6) is 5.75 Å². The summed E-state index contributed by atoms with van der Waals surface area (Å²) in [5.41, 5.74) is -1.24. The molecule has 1 aromatic carbocycles. The largest absolute Gasteiger partial charge is 0.573 e. The van der Waals surface area contributed by atoms with Gasteiger partial charge in [-0.3, -0.25) is 18.7 Å². The molecule has 0 saturated carbocycles. The second-order valence-corrected chi connectivity index (χ2v) is 5.80. The number of hydrogen-bond acceptors (Lipinski definition) is 5. The number of nitrogens with zero attached hydrogens (tertiary/aromatic N) is 3. The number of carbonyl (C=O) groups is 1. The molecule has 0 atom stereocenters. The summed E-state index contributed by atoms with van der Waals surface area (Å²) in [6.07, 6.45) is -4.86. The van der Waals surface area contributed by atoms with Crippen molar-refractivity contribution in [2.45, 2.75) is 6.36 Å². The number of rotatable bonds is 3. The van der Waals surface area contributed by atoms with Crippen LogP contribution in [0.3, 0.4) is 0 Å². The van der Waals surface area contributed by atoms with Crippen molar-refractivity contribution < 1.29 is 22.7 Å². The topological polar surface area (TPSA) is 95.2 Å². The van der Waals surface area contributed by atoms with E-state index in [-0.39, 0.29) is 22.4 Å². The number of fused-ring (bicyclic) bond motifs is 1. The van der Waals surface area contributed by atoms with Crippen LogP contribution in [0.25, 0.3) is 11.0 Å². The van der Waals surface area contributed by atoms with Gasteiger partial charge in [-0.05, 0) is 24.3 Å². The average molecular weight is 394 g/mol. The minimum Gasteiger partial charge on any atom is -0.406 e. The maximum absolute atomic E-state index is 12.4. The van der Waals surface area contributed by atoms with Crippen LogP contribution in [0.15, 0.2) is 46.0 Å². The lowest BCUT2D eigenvalue weighted by molar-refractivity contribution is -0.274. The van der Waals surface area contributed by atoms with Crippen molar-refractivity contribution in [2.75, 3.05) is 5.32 Å². The first-order valence-corrected chi connectivity index (χ1v) is 7.81. The summed E-state index contributed by atoms with van der Waals surface area (Å²) in [6, 6.07) is 7.36. The van der Waals surface area contributed by atoms with Gasteiger partial charge in [-0.2, -0.15) is 0 Å². The van der Waals surface area contributed by atoms with Crippen LogP contribution in [0.2, 0.25) is 0 Å². The zero-order chi connectivity index (χ0) is 20.6. The minimum atomic E-state index is -4.86. The van der Waals surface area contributed by atoms with Crippen LogP contribution in [-0.4, -0.2) is 26.4 Å². The Labute approximate surface area is 154 Å². The fourth-order valence-corrected chi connectivity index (χ4v) is 2.55. The smallest absolute Gasteiger partial charge is 0.406 e. The van der Waals surface area contributed by atoms with Gasteiger partial charge in [0.1, 0.15) is 17.1 Å². The lowest BCUT2D eigenvalue weighted by atomic mass is 10.2. The Hall–Kier alpha value is -3.63. The molecule has 146 valence electrons. The fourth-order valence-electron chi connectivity index (χ4n) is 2.55. The zero-order valence-corrected chi connectivity index (χ0v) is 14.6. The van der Waals surface area contributed by atoms with Gasteiger partial charge in [0, 0.05) is 25.8 Å². The first kappa shape index (κ1) is 19.1. The molecule has 1 N–H and O–H groups in total. The highest BCUT2D eigenvalue weighted by Crippen LogP contribution is 2.25. The van der Waals surface area contributed by atoms with Crippen LogP contribution in [0.4, 0.5) is 18.9 Å². The lowest BCUT2D eigenvalue weighted by Gasteiger charge is -2.11. The molecule has 3 rings (SSSR count). The molecular formula is C17H13F3N4O4. The molecule has 0 spiro atoms. The number of pyridine rings is 1. The summed E-state index contributed by atoms with van der Waals surface area (Å²) in [5, 5.41) is 2.53. The second-order valence-electron chi connectivity index (χ2n) is 5.80. The first-order chi connectivity index (χ1) is 13.1. The second kappa shape index (κ2) is 6.83. The van der Waals surface area contributed by atoms with Crippen LogP contribution in [0.1, 0.15) is 10.5 Å². The van der Waals surface area contributed by atoms with Gasteiger partial charge in [-0.1, -0.05) is 6.07 Å². The summed E-state index contributed by atoms with van der Waals surface area (Å²) in [7, 11) is 2.72. The van der Waals surface area contributed by atoms with Crippen molar-refractivity contribution in [1.82, 2.24) is 14.1 Å². The van der Waals surface area contributed by atoms with Crippen molar-refractivity contribution in [2.24, 2.45) is 14.1 Å². The Morgan fingerprint density at radius 3 is 2.50 bits per heavy atom. The molecule has 8 nitrogen and oxygen atoms in total. The summed E-state index contributed by atoms with van der Waals surface area (Å²) < 4.78 is 42.7. The molecule has 0 radical (unpaired) electrons. The highest BCUT2D eigenvalue weighted by atomic mass is 19.4. The van der Waals surface area contributed by atoms with Crippen molar-refractivity contribution in [3.63, 3.8) is 0 Å².